The molecular formula is C22H23ClN2O3. The molecule has 3 rings (SSSR count). The molecule has 0 unspecified atom stereocenters. The Hall–Kier alpha value is -2.60. The van der Waals surface area contributed by atoms with Gasteiger partial charge in [-0.2, -0.15) is 0 Å². The van der Waals surface area contributed by atoms with Crippen LogP contribution in [0.5, 0.6) is 0 Å². The predicted molar refractivity (Wildman–Crippen MR) is 113 cm³/mol. The quantitative estimate of drug-likeness (QED) is 0.482. The van der Waals surface area contributed by atoms with Crippen LogP contribution in [0.4, 0.5) is 5.69 Å². The Balaban J connectivity index is 1.80. The minimum Gasteiger partial charge on any atom is -0.478 e. The molecule has 0 spiro atoms. The number of hydrogen-bond donors (Lipinski definition) is 3. The number of carbonyl (C=O) groups is 1. The van der Waals surface area contributed by atoms with Crippen molar-refractivity contribution in [2.45, 2.75) is 19.4 Å². The lowest BCUT2D eigenvalue weighted by atomic mass is 10.0. The number of aliphatic hydroxyl groups is 1. The van der Waals surface area contributed by atoms with Crippen LogP contribution in [-0.2, 0) is 0 Å². The van der Waals surface area contributed by atoms with Gasteiger partial charge >= 0.3 is 5.97 Å². The van der Waals surface area contributed by atoms with Crippen molar-refractivity contribution in [1.29, 1.82) is 0 Å². The van der Waals surface area contributed by atoms with E-state index in [-0.39, 0.29) is 5.56 Å². The minimum atomic E-state index is -0.938. The van der Waals surface area contributed by atoms with Crippen molar-refractivity contribution in [3.8, 4) is 0 Å². The highest BCUT2D eigenvalue weighted by molar-refractivity contribution is 6.30. The van der Waals surface area contributed by atoms with E-state index in [0.717, 1.165) is 29.6 Å². The van der Waals surface area contributed by atoms with Gasteiger partial charge in [0.1, 0.15) is 0 Å². The van der Waals surface area contributed by atoms with E-state index in [1.54, 1.807) is 24.3 Å². The number of carboxylic acids is 1. The van der Waals surface area contributed by atoms with Crippen molar-refractivity contribution in [2.24, 2.45) is 0 Å². The molecule has 3 aromatic carbocycles. The van der Waals surface area contributed by atoms with E-state index in [9.17, 15) is 15.0 Å². The molecule has 0 bridgehead atoms. The van der Waals surface area contributed by atoms with Gasteiger partial charge in [0, 0.05) is 18.1 Å². The van der Waals surface area contributed by atoms with Gasteiger partial charge in [0.05, 0.1) is 17.4 Å². The van der Waals surface area contributed by atoms with E-state index < -0.39 is 12.1 Å². The van der Waals surface area contributed by atoms with Crippen LogP contribution in [0.15, 0.2) is 60.7 Å². The van der Waals surface area contributed by atoms with Gasteiger partial charge in [-0.15, -0.1) is 0 Å². The Bertz CT molecular complexity index is 977. The number of aromatic carboxylic acids is 1. The first-order valence-corrected chi connectivity index (χ1v) is 9.58. The van der Waals surface area contributed by atoms with Crippen molar-refractivity contribution in [3.63, 3.8) is 0 Å². The summed E-state index contributed by atoms with van der Waals surface area (Å²) >= 11 is 6.00. The molecule has 0 aliphatic carbocycles. The van der Waals surface area contributed by atoms with Crippen LogP contribution in [0, 0.1) is 0 Å². The molecule has 146 valence electrons. The maximum absolute atomic E-state index is 11.4. The van der Waals surface area contributed by atoms with Crippen molar-refractivity contribution in [3.05, 3.63) is 76.8 Å². The molecular weight excluding hydrogens is 376 g/mol. The summed E-state index contributed by atoms with van der Waals surface area (Å²) < 4.78 is 0. The summed E-state index contributed by atoms with van der Waals surface area (Å²) in [6.45, 7) is 3.14. The molecule has 0 saturated carbocycles. The van der Waals surface area contributed by atoms with Gasteiger partial charge in [0.15, 0.2) is 0 Å². The lowest BCUT2D eigenvalue weighted by molar-refractivity contribution is 0.0699. The molecule has 1 atom stereocenters. The largest absolute Gasteiger partial charge is 0.478 e. The van der Waals surface area contributed by atoms with Crippen LogP contribution < -0.4 is 10.4 Å². The minimum absolute atomic E-state index is 0.287. The third-order valence-corrected chi connectivity index (χ3v) is 4.80. The lowest BCUT2D eigenvalue weighted by Crippen LogP contribution is -2.41. The average molecular weight is 399 g/mol. The van der Waals surface area contributed by atoms with E-state index in [1.165, 1.54) is 0 Å². The van der Waals surface area contributed by atoms with Gasteiger partial charge in [-0.3, -0.25) is 0 Å². The van der Waals surface area contributed by atoms with E-state index >= 15 is 0 Å². The van der Waals surface area contributed by atoms with E-state index in [1.807, 2.05) is 41.4 Å². The normalized spacial score (nSPS) is 12.1. The summed E-state index contributed by atoms with van der Waals surface area (Å²) in [5, 5.41) is 23.9. The molecule has 5 nitrogen and oxygen atoms in total. The molecule has 28 heavy (non-hydrogen) atoms. The summed E-state index contributed by atoms with van der Waals surface area (Å²) in [5.41, 5.74) is 5.23. The van der Waals surface area contributed by atoms with E-state index in [2.05, 4.69) is 12.3 Å². The Labute approximate surface area is 169 Å². The summed E-state index contributed by atoms with van der Waals surface area (Å²) in [5.74, 6) is -0.938. The number of fused-ring (bicyclic) bond motifs is 1. The van der Waals surface area contributed by atoms with Gasteiger partial charge < -0.3 is 15.2 Å². The third kappa shape index (κ3) is 4.62. The van der Waals surface area contributed by atoms with Gasteiger partial charge in [-0.05, 0) is 53.1 Å². The molecule has 0 radical (unpaired) electrons. The number of rotatable bonds is 8. The first-order valence-electron chi connectivity index (χ1n) is 9.20. The first kappa shape index (κ1) is 20.1. The molecule has 0 aliphatic heterocycles. The molecule has 0 saturated heterocycles. The smallest absolute Gasteiger partial charge is 0.336 e. The lowest BCUT2D eigenvalue weighted by Gasteiger charge is -2.27. The fourth-order valence-corrected chi connectivity index (χ4v) is 3.38. The standard InChI is InChI=1S/C22H23ClN2O3/c1-2-11-25(24-14-21(26)16-6-3-7-17(23)12-16)18-9-10-19-15(13-18)5-4-8-20(19)22(27)28/h3-10,12-13,21,24,26H,2,11,14H2,1H3,(H,27,28)/t21-/m0/s1. The zero-order chi connectivity index (χ0) is 20.1. The Kier molecular flexibility index (Phi) is 6.52. The number of nitrogens with zero attached hydrogens (tertiary/aromatic N) is 1. The number of hydrogen-bond acceptors (Lipinski definition) is 4. The van der Waals surface area contributed by atoms with Gasteiger partial charge in [-0.25, -0.2) is 10.2 Å². The highest BCUT2D eigenvalue weighted by Gasteiger charge is 2.13. The fraction of sp³-hybridized carbons (Fsp3) is 0.227. The topological polar surface area (TPSA) is 72.8 Å². The van der Waals surface area contributed by atoms with Gasteiger partial charge in [0.25, 0.3) is 0 Å². The number of carboxylic acid groups (broad SMARTS) is 1. The number of aliphatic hydroxyl groups excluding tert-OH is 1. The average Bonchev–Trinajstić information content (AvgIpc) is 2.69. The number of hydrazine groups is 1. The second-order valence-electron chi connectivity index (χ2n) is 6.60. The third-order valence-electron chi connectivity index (χ3n) is 4.56. The molecule has 0 fully saturated rings. The van der Waals surface area contributed by atoms with Crippen molar-refractivity contribution in [1.82, 2.24) is 5.43 Å². The summed E-state index contributed by atoms with van der Waals surface area (Å²) in [7, 11) is 0. The van der Waals surface area contributed by atoms with Crippen LogP contribution in [-0.4, -0.2) is 29.3 Å². The molecule has 3 N–H and O–H groups in total. The maximum atomic E-state index is 11.4. The monoisotopic (exact) mass is 398 g/mol. The van der Waals surface area contributed by atoms with Crippen LogP contribution in [0.2, 0.25) is 5.02 Å². The van der Waals surface area contributed by atoms with Crippen LogP contribution in [0.1, 0.15) is 35.4 Å². The molecule has 6 heteroatoms. The first-order chi connectivity index (χ1) is 13.5. The molecule has 3 aromatic rings. The Morgan fingerprint density at radius 2 is 1.93 bits per heavy atom. The van der Waals surface area contributed by atoms with Crippen molar-refractivity contribution < 1.29 is 15.0 Å². The van der Waals surface area contributed by atoms with Crippen LogP contribution in [0.25, 0.3) is 10.8 Å². The summed E-state index contributed by atoms with van der Waals surface area (Å²) in [4.78, 5) is 11.4. The van der Waals surface area contributed by atoms with Crippen LogP contribution >= 0.6 is 11.6 Å². The molecule has 0 heterocycles. The number of nitrogens with one attached hydrogen (secondary N) is 1. The highest BCUT2D eigenvalue weighted by atomic mass is 35.5. The van der Waals surface area contributed by atoms with Gasteiger partial charge in [-0.1, -0.05) is 48.9 Å². The SMILES string of the molecule is CCCN(NC[C@H](O)c1cccc(Cl)c1)c1ccc2c(C(=O)O)cccc2c1. The summed E-state index contributed by atoms with van der Waals surface area (Å²) in [6, 6.07) is 18.1. The zero-order valence-corrected chi connectivity index (χ0v) is 16.4. The highest BCUT2D eigenvalue weighted by Crippen LogP contribution is 2.25. The Morgan fingerprint density at radius 3 is 2.64 bits per heavy atom. The zero-order valence-electron chi connectivity index (χ0n) is 15.6. The molecule has 0 amide bonds. The summed E-state index contributed by atoms with van der Waals surface area (Å²) in [6.07, 6.45) is 0.213. The van der Waals surface area contributed by atoms with Crippen LogP contribution in [0.3, 0.4) is 0 Å². The van der Waals surface area contributed by atoms with E-state index in [0.29, 0.717) is 17.0 Å². The second kappa shape index (κ2) is 9.06. The van der Waals surface area contributed by atoms with Gasteiger partial charge in [0.2, 0.25) is 0 Å². The number of halogens is 1. The number of anilines is 1. The van der Waals surface area contributed by atoms with Crippen molar-refractivity contribution in [2.75, 3.05) is 18.1 Å². The predicted octanol–water partition coefficient (Wildman–Crippen LogP) is 4.65. The van der Waals surface area contributed by atoms with Crippen molar-refractivity contribution >= 4 is 34.0 Å². The second-order valence-corrected chi connectivity index (χ2v) is 7.04. The van der Waals surface area contributed by atoms with E-state index in [4.69, 9.17) is 11.6 Å². The maximum Gasteiger partial charge on any atom is 0.336 e. The Morgan fingerprint density at radius 1 is 1.14 bits per heavy atom. The fourth-order valence-electron chi connectivity index (χ4n) is 3.18. The molecule has 0 aliphatic rings. The number of benzene rings is 3. The molecule has 0 aromatic heterocycles.